The van der Waals surface area contributed by atoms with E-state index in [2.05, 4.69) is 6.92 Å². The molecule has 0 fully saturated rings. The molecule has 0 spiro atoms. The van der Waals surface area contributed by atoms with Crippen molar-refractivity contribution in [3.8, 4) is 0 Å². The largest absolute Gasteiger partial charge is 0.294 e. The molecule has 0 atom stereocenters. The zero-order valence-electron chi connectivity index (χ0n) is 9.35. The van der Waals surface area contributed by atoms with Crippen molar-refractivity contribution in [1.29, 1.82) is 0 Å². The van der Waals surface area contributed by atoms with Gasteiger partial charge < -0.3 is 0 Å². The summed E-state index contributed by atoms with van der Waals surface area (Å²) in [6.45, 7) is 3.89. The van der Waals surface area contributed by atoms with E-state index in [0.717, 1.165) is 24.8 Å². The molecule has 82 valence electrons. The predicted octanol–water partition coefficient (Wildman–Crippen LogP) is 3.90. The van der Waals surface area contributed by atoms with Crippen LogP contribution in [0.15, 0.2) is 18.2 Å². The molecule has 0 radical (unpaired) electrons. The van der Waals surface area contributed by atoms with Crippen molar-refractivity contribution in [2.75, 3.05) is 0 Å². The van der Waals surface area contributed by atoms with Crippen molar-refractivity contribution in [3.63, 3.8) is 0 Å². The number of aryl methyl sites for hydroxylation is 1. The maximum absolute atomic E-state index is 13.4. The van der Waals surface area contributed by atoms with E-state index in [1.165, 1.54) is 6.07 Å². The number of ketones is 1. The number of hydrogen-bond acceptors (Lipinski definition) is 1. The van der Waals surface area contributed by atoms with Gasteiger partial charge in [-0.2, -0.15) is 0 Å². The lowest BCUT2D eigenvalue weighted by Gasteiger charge is -2.03. The van der Waals surface area contributed by atoms with Gasteiger partial charge in [-0.15, -0.1) is 0 Å². The molecule has 1 aromatic carbocycles. The van der Waals surface area contributed by atoms with Crippen LogP contribution in [-0.4, -0.2) is 5.78 Å². The summed E-state index contributed by atoms with van der Waals surface area (Å²) in [6, 6.07) is 4.77. The van der Waals surface area contributed by atoms with Crippen LogP contribution in [0.1, 0.15) is 48.5 Å². The van der Waals surface area contributed by atoms with Crippen molar-refractivity contribution < 1.29 is 9.18 Å². The fourth-order valence-corrected chi connectivity index (χ4v) is 1.52. The highest BCUT2D eigenvalue weighted by molar-refractivity contribution is 5.96. The van der Waals surface area contributed by atoms with E-state index >= 15 is 0 Å². The third kappa shape index (κ3) is 3.46. The Morgan fingerprint density at radius 2 is 2.07 bits per heavy atom. The molecule has 0 saturated heterocycles. The fraction of sp³-hybridized carbons (Fsp3) is 0.462. The molecule has 0 unspecified atom stereocenters. The van der Waals surface area contributed by atoms with Gasteiger partial charge in [0, 0.05) is 6.42 Å². The Balaban J connectivity index is 2.65. The molecule has 0 heterocycles. The molecule has 0 bridgehead atoms. The average molecular weight is 208 g/mol. The molecule has 0 aliphatic heterocycles. The quantitative estimate of drug-likeness (QED) is 0.530. The standard InChI is InChI=1S/C13H17FO/c1-3-4-5-6-13(15)11-8-7-10(2)9-12(11)14/h7-9H,3-6H2,1-2H3. The topological polar surface area (TPSA) is 17.1 Å². The van der Waals surface area contributed by atoms with Crippen LogP contribution >= 0.6 is 0 Å². The van der Waals surface area contributed by atoms with E-state index in [0.29, 0.717) is 6.42 Å². The summed E-state index contributed by atoms with van der Waals surface area (Å²) in [5, 5.41) is 0. The average Bonchev–Trinajstić information content (AvgIpc) is 2.17. The van der Waals surface area contributed by atoms with E-state index in [1.807, 2.05) is 6.92 Å². The molecular weight excluding hydrogens is 191 g/mol. The molecule has 1 rings (SSSR count). The normalized spacial score (nSPS) is 10.3. The summed E-state index contributed by atoms with van der Waals surface area (Å²) in [7, 11) is 0. The van der Waals surface area contributed by atoms with Crippen LogP contribution in [0.4, 0.5) is 4.39 Å². The molecule has 1 aromatic rings. The van der Waals surface area contributed by atoms with Crippen LogP contribution < -0.4 is 0 Å². The Bertz CT molecular complexity index is 344. The van der Waals surface area contributed by atoms with Gasteiger partial charge in [0.05, 0.1) is 5.56 Å². The Morgan fingerprint density at radius 1 is 1.33 bits per heavy atom. The number of unbranched alkanes of at least 4 members (excludes halogenated alkanes) is 2. The van der Waals surface area contributed by atoms with Crippen molar-refractivity contribution in [3.05, 3.63) is 35.1 Å². The fourth-order valence-electron chi connectivity index (χ4n) is 1.52. The number of carbonyl (C=O) groups excluding carboxylic acids is 1. The van der Waals surface area contributed by atoms with Crippen molar-refractivity contribution in [2.45, 2.75) is 39.5 Å². The van der Waals surface area contributed by atoms with Gasteiger partial charge in [0.25, 0.3) is 0 Å². The van der Waals surface area contributed by atoms with Crippen LogP contribution in [0.3, 0.4) is 0 Å². The first-order valence-electron chi connectivity index (χ1n) is 5.44. The molecule has 0 aromatic heterocycles. The van der Waals surface area contributed by atoms with E-state index in [9.17, 15) is 9.18 Å². The van der Waals surface area contributed by atoms with Gasteiger partial charge in [-0.3, -0.25) is 4.79 Å². The van der Waals surface area contributed by atoms with Gasteiger partial charge in [-0.25, -0.2) is 4.39 Å². The summed E-state index contributed by atoms with van der Waals surface area (Å²) >= 11 is 0. The maximum atomic E-state index is 13.4. The number of benzene rings is 1. The summed E-state index contributed by atoms with van der Waals surface area (Å²) < 4.78 is 13.4. The van der Waals surface area contributed by atoms with Crippen molar-refractivity contribution >= 4 is 5.78 Å². The lowest BCUT2D eigenvalue weighted by molar-refractivity contribution is 0.0975. The van der Waals surface area contributed by atoms with Crippen LogP contribution in [0.2, 0.25) is 0 Å². The summed E-state index contributed by atoms with van der Waals surface area (Å²) in [6.07, 6.45) is 3.40. The highest BCUT2D eigenvalue weighted by Gasteiger charge is 2.10. The number of carbonyl (C=O) groups is 1. The maximum Gasteiger partial charge on any atom is 0.165 e. The van der Waals surface area contributed by atoms with Crippen LogP contribution in [0, 0.1) is 12.7 Å². The van der Waals surface area contributed by atoms with Gasteiger partial charge in [0.15, 0.2) is 5.78 Å². The van der Waals surface area contributed by atoms with Crippen LogP contribution in [0.25, 0.3) is 0 Å². The van der Waals surface area contributed by atoms with E-state index in [1.54, 1.807) is 12.1 Å². The molecule has 15 heavy (non-hydrogen) atoms. The van der Waals surface area contributed by atoms with Gasteiger partial charge in [0.2, 0.25) is 0 Å². The lowest BCUT2D eigenvalue weighted by Crippen LogP contribution is -2.02. The predicted molar refractivity (Wildman–Crippen MR) is 59.6 cm³/mol. The zero-order valence-corrected chi connectivity index (χ0v) is 9.35. The molecule has 0 N–H and O–H groups in total. The summed E-state index contributed by atoms with van der Waals surface area (Å²) in [5.41, 5.74) is 1.08. The number of Topliss-reactive ketones (excluding diaryl/α,β-unsaturated/α-hetero) is 1. The first kappa shape index (κ1) is 11.9. The van der Waals surface area contributed by atoms with E-state index < -0.39 is 5.82 Å². The number of halogens is 1. The Hall–Kier alpha value is -1.18. The molecule has 0 saturated carbocycles. The minimum atomic E-state index is -0.392. The number of rotatable bonds is 5. The molecular formula is C13H17FO. The highest BCUT2D eigenvalue weighted by atomic mass is 19.1. The first-order chi connectivity index (χ1) is 7.15. The Labute approximate surface area is 90.3 Å². The highest BCUT2D eigenvalue weighted by Crippen LogP contribution is 2.13. The smallest absolute Gasteiger partial charge is 0.165 e. The van der Waals surface area contributed by atoms with Gasteiger partial charge in [-0.05, 0) is 31.0 Å². The minimum absolute atomic E-state index is 0.0825. The number of hydrogen-bond donors (Lipinski definition) is 0. The SMILES string of the molecule is CCCCCC(=O)c1ccc(C)cc1F. The van der Waals surface area contributed by atoms with Gasteiger partial charge in [-0.1, -0.05) is 25.8 Å². The lowest BCUT2D eigenvalue weighted by atomic mass is 10.0. The van der Waals surface area contributed by atoms with Gasteiger partial charge >= 0.3 is 0 Å². The first-order valence-corrected chi connectivity index (χ1v) is 5.44. The Kier molecular flexibility index (Phi) is 4.47. The molecule has 0 aliphatic rings. The van der Waals surface area contributed by atoms with Crippen molar-refractivity contribution in [2.24, 2.45) is 0 Å². The second-order valence-corrected chi connectivity index (χ2v) is 3.86. The molecule has 1 nitrogen and oxygen atoms in total. The van der Waals surface area contributed by atoms with Crippen LogP contribution in [-0.2, 0) is 0 Å². The molecule has 0 aliphatic carbocycles. The molecule has 2 heteroatoms. The van der Waals surface area contributed by atoms with Gasteiger partial charge in [0.1, 0.15) is 5.82 Å². The Morgan fingerprint density at radius 3 is 2.67 bits per heavy atom. The van der Waals surface area contributed by atoms with Crippen molar-refractivity contribution in [1.82, 2.24) is 0 Å². The van der Waals surface area contributed by atoms with E-state index in [4.69, 9.17) is 0 Å². The third-order valence-electron chi connectivity index (χ3n) is 2.43. The monoisotopic (exact) mass is 208 g/mol. The zero-order chi connectivity index (χ0) is 11.3. The minimum Gasteiger partial charge on any atom is -0.294 e. The van der Waals surface area contributed by atoms with E-state index in [-0.39, 0.29) is 11.3 Å². The summed E-state index contributed by atoms with van der Waals surface area (Å²) in [5.74, 6) is -0.475. The van der Waals surface area contributed by atoms with Crippen LogP contribution in [0.5, 0.6) is 0 Å². The second kappa shape index (κ2) is 5.64. The third-order valence-corrected chi connectivity index (χ3v) is 2.43. The second-order valence-electron chi connectivity index (χ2n) is 3.86. The molecule has 0 amide bonds. The summed E-state index contributed by atoms with van der Waals surface area (Å²) in [4.78, 5) is 11.6.